The lowest BCUT2D eigenvalue weighted by Crippen LogP contribution is -2.35. The van der Waals surface area contributed by atoms with E-state index in [-0.39, 0.29) is 18.4 Å². The molecule has 2 aliphatic rings. The zero-order chi connectivity index (χ0) is 13.2. The molecule has 1 aromatic carbocycles. The number of para-hydroxylation sites is 1. The van der Waals surface area contributed by atoms with Gasteiger partial charge in [-0.05, 0) is 18.1 Å². The van der Waals surface area contributed by atoms with Crippen LogP contribution in [0.15, 0.2) is 24.3 Å². The number of fused-ring (bicyclic) bond motifs is 1. The second-order valence-corrected chi connectivity index (χ2v) is 5.46. The van der Waals surface area contributed by atoms with E-state index in [4.69, 9.17) is 5.11 Å². The molecule has 4 heteroatoms. The van der Waals surface area contributed by atoms with Gasteiger partial charge < -0.3 is 14.9 Å². The monoisotopic (exact) mass is 260 g/mol. The second kappa shape index (κ2) is 5.21. The number of hydrogen-bond donors (Lipinski definition) is 1. The van der Waals surface area contributed by atoms with Crippen LogP contribution in [0.5, 0.6) is 0 Å². The first kappa shape index (κ1) is 12.5. The van der Waals surface area contributed by atoms with Gasteiger partial charge in [-0.3, -0.25) is 4.79 Å². The molecule has 0 radical (unpaired) electrons. The highest BCUT2D eigenvalue weighted by Gasteiger charge is 2.29. The molecule has 2 aliphatic heterocycles. The largest absolute Gasteiger partial charge is 0.396 e. The molecule has 19 heavy (non-hydrogen) atoms. The number of aliphatic hydroxyl groups is 1. The quantitative estimate of drug-likeness (QED) is 0.874. The number of amides is 1. The standard InChI is InChI=1S/C15H20N2O2/c18-11-12-9-15(19)17(10-12)8-7-16-6-5-13-3-1-2-4-14(13)16/h1-4,12,18H,5-11H2. The van der Waals surface area contributed by atoms with Crippen molar-refractivity contribution in [1.29, 1.82) is 0 Å². The summed E-state index contributed by atoms with van der Waals surface area (Å²) in [4.78, 5) is 16.0. The minimum absolute atomic E-state index is 0.120. The molecule has 1 fully saturated rings. The van der Waals surface area contributed by atoms with Gasteiger partial charge >= 0.3 is 0 Å². The van der Waals surface area contributed by atoms with E-state index in [1.807, 2.05) is 4.90 Å². The molecule has 3 rings (SSSR count). The number of hydrogen-bond acceptors (Lipinski definition) is 3. The third-order valence-corrected chi connectivity index (χ3v) is 4.18. The van der Waals surface area contributed by atoms with Crippen LogP contribution in [0.2, 0.25) is 0 Å². The van der Waals surface area contributed by atoms with Gasteiger partial charge in [0.2, 0.25) is 5.91 Å². The fourth-order valence-electron chi connectivity index (χ4n) is 3.07. The molecule has 1 saturated heterocycles. The first-order valence-corrected chi connectivity index (χ1v) is 6.99. The maximum atomic E-state index is 11.8. The van der Waals surface area contributed by atoms with Gasteiger partial charge in [0.25, 0.3) is 0 Å². The molecule has 4 nitrogen and oxygen atoms in total. The lowest BCUT2D eigenvalue weighted by atomic mass is 10.1. The third kappa shape index (κ3) is 2.45. The number of aliphatic hydroxyl groups excluding tert-OH is 1. The van der Waals surface area contributed by atoms with Crippen molar-refractivity contribution in [3.05, 3.63) is 29.8 Å². The topological polar surface area (TPSA) is 43.8 Å². The van der Waals surface area contributed by atoms with Crippen LogP contribution in [0, 0.1) is 5.92 Å². The molecule has 0 spiro atoms. The van der Waals surface area contributed by atoms with Gasteiger partial charge in [-0.25, -0.2) is 0 Å². The molecule has 1 N–H and O–H groups in total. The van der Waals surface area contributed by atoms with E-state index in [1.165, 1.54) is 11.3 Å². The minimum atomic E-state index is 0.120. The van der Waals surface area contributed by atoms with Crippen molar-refractivity contribution < 1.29 is 9.90 Å². The molecule has 1 amide bonds. The van der Waals surface area contributed by atoms with Crippen molar-refractivity contribution in [3.8, 4) is 0 Å². The number of carbonyl (C=O) groups is 1. The summed E-state index contributed by atoms with van der Waals surface area (Å²) in [6.07, 6.45) is 1.61. The Morgan fingerprint density at radius 2 is 2.00 bits per heavy atom. The number of carbonyl (C=O) groups excluding carboxylic acids is 1. The van der Waals surface area contributed by atoms with Crippen molar-refractivity contribution in [2.75, 3.05) is 37.7 Å². The highest BCUT2D eigenvalue weighted by molar-refractivity contribution is 5.78. The average Bonchev–Trinajstić information content (AvgIpc) is 3.00. The second-order valence-electron chi connectivity index (χ2n) is 5.46. The maximum Gasteiger partial charge on any atom is 0.223 e. The fourth-order valence-corrected chi connectivity index (χ4v) is 3.07. The third-order valence-electron chi connectivity index (χ3n) is 4.18. The number of likely N-dealkylation sites (tertiary alicyclic amines) is 1. The molecular weight excluding hydrogens is 240 g/mol. The lowest BCUT2D eigenvalue weighted by Gasteiger charge is -2.23. The molecule has 102 valence electrons. The van der Waals surface area contributed by atoms with Gasteiger partial charge in [0.15, 0.2) is 0 Å². The summed E-state index contributed by atoms with van der Waals surface area (Å²) in [5, 5.41) is 9.12. The van der Waals surface area contributed by atoms with Gasteiger partial charge in [0, 0.05) is 50.8 Å². The van der Waals surface area contributed by atoms with Crippen LogP contribution in [0.3, 0.4) is 0 Å². The summed E-state index contributed by atoms with van der Waals surface area (Å²) in [6.45, 7) is 3.54. The zero-order valence-electron chi connectivity index (χ0n) is 11.1. The summed E-state index contributed by atoms with van der Waals surface area (Å²) < 4.78 is 0. The summed E-state index contributed by atoms with van der Waals surface area (Å²) >= 11 is 0. The van der Waals surface area contributed by atoms with Crippen LogP contribution in [0.1, 0.15) is 12.0 Å². The van der Waals surface area contributed by atoms with Crippen molar-refractivity contribution in [3.63, 3.8) is 0 Å². The van der Waals surface area contributed by atoms with Gasteiger partial charge in [-0.15, -0.1) is 0 Å². The minimum Gasteiger partial charge on any atom is -0.396 e. The molecule has 0 bridgehead atoms. The Morgan fingerprint density at radius 3 is 2.79 bits per heavy atom. The Balaban J connectivity index is 1.58. The van der Waals surface area contributed by atoms with E-state index in [0.29, 0.717) is 13.0 Å². The average molecular weight is 260 g/mol. The molecule has 0 saturated carbocycles. The van der Waals surface area contributed by atoms with Crippen LogP contribution in [-0.4, -0.2) is 48.7 Å². The lowest BCUT2D eigenvalue weighted by molar-refractivity contribution is -0.127. The Labute approximate surface area is 113 Å². The van der Waals surface area contributed by atoms with Crippen LogP contribution < -0.4 is 4.90 Å². The van der Waals surface area contributed by atoms with Crippen LogP contribution in [0.25, 0.3) is 0 Å². The van der Waals surface area contributed by atoms with Gasteiger partial charge in [0.1, 0.15) is 0 Å². The van der Waals surface area contributed by atoms with Crippen LogP contribution in [-0.2, 0) is 11.2 Å². The smallest absolute Gasteiger partial charge is 0.223 e. The van der Waals surface area contributed by atoms with Crippen LogP contribution in [0.4, 0.5) is 5.69 Å². The highest BCUT2D eigenvalue weighted by Crippen LogP contribution is 2.27. The first-order chi connectivity index (χ1) is 9.28. The van der Waals surface area contributed by atoms with Crippen LogP contribution >= 0.6 is 0 Å². The molecule has 1 unspecified atom stereocenters. The van der Waals surface area contributed by atoms with E-state index in [9.17, 15) is 4.79 Å². The Morgan fingerprint density at radius 1 is 1.21 bits per heavy atom. The van der Waals surface area contributed by atoms with E-state index in [0.717, 1.165) is 26.1 Å². The van der Waals surface area contributed by atoms with E-state index in [1.54, 1.807) is 0 Å². The van der Waals surface area contributed by atoms with Crippen molar-refractivity contribution in [1.82, 2.24) is 4.90 Å². The Kier molecular flexibility index (Phi) is 3.42. The van der Waals surface area contributed by atoms with Gasteiger partial charge in [-0.2, -0.15) is 0 Å². The zero-order valence-corrected chi connectivity index (χ0v) is 11.1. The van der Waals surface area contributed by atoms with Gasteiger partial charge in [-0.1, -0.05) is 18.2 Å². The normalized spacial score (nSPS) is 22.2. The molecule has 1 aromatic rings. The SMILES string of the molecule is O=C1CC(CO)CN1CCN1CCc2ccccc21. The van der Waals surface area contributed by atoms with Gasteiger partial charge in [0.05, 0.1) is 0 Å². The molecule has 1 atom stereocenters. The Bertz CT molecular complexity index is 475. The number of benzene rings is 1. The van der Waals surface area contributed by atoms with E-state index < -0.39 is 0 Å². The summed E-state index contributed by atoms with van der Waals surface area (Å²) in [7, 11) is 0. The van der Waals surface area contributed by atoms with Crippen molar-refractivity contribution in [2.24, 2.45) is 5.92 Å². The van der Waals surface area contributed by atoms with E-state index >= 15 is 0 Å². The highest BCUT2D eigenvalue weighted by atomic mass is 16.3. The number of rotatable bonds is 4. The first-order valence-electron chi connectivity index (χ1n) is 6.99. The van der Waals surface area contributed by atoms with Crippen molar-refractivity contribution >= 4 is 11.6 Å². The molecule has 0 aromatic heterocycles. The predicted octanol–water partition coefficient (Wildman–Crippen LogP) is 0.890. The predicted molar refractivity (Wildman–Crippen MR) is 74.1 cm³/mol. The molecule has 0 aliphatic carbocycles. The summed E-state index contributed by atoms with van der Waals surface area (Å²) in [6, 6.07) is 8.49. The van der Waals surface area contributed by atoms with Crippen molar-refractivity contribution in [2.45, 2.75) is 12.8 Å². The number of anilines is 1. The molecule has 2 heterocycles. The summed E-state index contributed by atoms with van der Waals surface area (Å²) in [5.74, 6) is 0.324. The maximum absolute atomic E-state index is 11.8. The fraction of sp³-hybridized carbons (Fsp3) is 0.533. The van der Waals surface area contributed by atoms with E-state index in [2.05, 4.69) is 29.2 Å². The molecular formula is C15H20N2O2. The Hall–Kier alpha value is -1.55. The number of nitrogens with zero attached hydrogens (tertiary/aromatic N) is 2. The summed E-state index contributed by atoms with van der Waals surface area (Å²) in [5.41, 5.74) is 2.72.